The van der Waals surface area contributed by atoms with E-state index in [4.69, 9.17) is 9.84 Å². The molecule has 0 saturated carbocycles. The molecule has 0 saturated heterocycles. The molecule has 0 unspecified atom stereocenters. The molecule has 4 rings (SSSR count). The molecule has 6 nitrogen and oxygen atoms in total. The maximum atomic E-state index is 12.6. The van der Waals surface area contributed by atoms with Gasteiger partial charge in [0, 0.05) is 16.7 Å². The Labute approximate surface area is 160 Å². The number of benzene rings is 3. The third kappa shape index (κ3) is 3.23. The van der Waals surface area contributed by atoms with Gasteiger partial charge in [0.25, 0.3) is 0 Å². The van der Waals surface area contributed by atoms with Gasteiger partial charge in [0.15, 0.2) is 5.78 Å². The van der Waals surface area contributed by atoms with Crippen molar-refractivity contribution in [3.05, 3.63) is 83.4 Å². The molecule has 0 aliphatic carbocycles. The molecule has 0 bridgehead atoms. The van der Waals surface area contributed by atoms with E-state index in [1.54, 1.807) is 55.6 Å². The second-order valence-electron chi connectivity index (χ2n) is 6.26. The first-order valence-corrected chi connectivity index (χ1v) is 8.57. The predicted molar refractivity (Wildman–Crippen MR) is 105 cm³/mol. The summed E-state index contributed by atoms with van der Waals surface area (Å²) in [4.78, 5) is 31.3. The molecule has 138 valence electrons. The smallest absolute Gasteiger partial charge is 0.335 e. The molecule has 0 aliphatic rings. The standard InChI is InChI=1S/C22H16N2O4/c1-28-17-9-6-14(7-10-17)20(25)13-2-4-15(5-3-13)21-23-18-11-8-16(22(26)27)12-19(18)24-21/h2-12H,1H3,(H,23,24)(H,26,27). The zero-order chi connectivity index (χ0) is 19.7. The predicted octanol–water partition coefficient (Wildman–Crippen LogP) is 4.17. The molecule has 0 fully saturated rings. The molecule has 2 N–H and O–H groups in total. The SMILES string of the molecule is COc1ccc(C(=O)c2ccc(-c3nc4ccc(C(=O)O)cc4[nH]3)cc2)cc1. The molecule has 1 heterocycles. The molecule has 0 spiro atoms. The van der Waals surface area contributed by atoms with Gasteiger partial charge in [-0.15, -0.1) is 0 Å². The number of aromatic carboxylic acids is 1. The van der Waals surface area contributed by atoms with Gasteiger partial charge in [-0.2, -0.15) is 0 Å². The van der Waals surface area contributed by atoms with E-state index >= 15 is 0 Å². The van der Waals surface area contributed by atoms with E-state index in [0.29, 0.717) is 33.7 Å². The number of aromatic nitrogens is 2. The topological polar surface area (TPSA) is 92.3 Å². The minimum atomic E-state index is -0.987. The van der Waals surface area contributed by atoms with Gasteiger partial charge >= 0.3 is 5.97 Å². The van der Waals surface area contributed by atoms with Crippen LogP contribution in [0.4, 0.5) is 0 Å². The van der Waals surface area contributed by atoms with Gasteiger partial charge in [-0.25, -0.2) is 9.78 Å². The molecule has 1 aromatic heterocycles. The molecule has 4 aromatic rings. The number of carbonyl (C=O) groups excluding carboxylic acids is 1. The molecular weight excluding hydrogens is 356 g/mol. The summed E-state index contributed by atoms with van der Waals surface area (Å²) in [7, 11) is 1.58. The van der Waals surface area contributed by atoms with Crippen molar-refractivity contribution in [3.8, 4) is 17.1 Å². The lowest BCUT2D eigenvalue weighted by molar-refractivity contribution is 0.0697. The average Bonchev–Trinajstić information content (AvgIpc) is 3.17. The summed E-state index contributed by atoms with van der Waals surface area (Å²) in [6, 6.07) is 18.8. The van der Waals surface area contributed by atoms with Crippen LogP contribution in [-0.2, 0) is 0 Å². The molecule has 0 aliphatic heterocycles. The number of nitrogens with zero attached hydrogens (tertiary/aromatic N) is 1. The fraction of sp³-hybridized carbons (Fsp3) is 0.0455. The van der Waals surface area contributed by atoms with Gasteiger partial charge in [-0.05, 0) is 42.5 Å². The van der Waals surface area contributed by atoms with E-state index in [1.807, 2.05) is 12.1 Å². The van der Waals surface area contributed by atoms with Crippen molar-refractivity contribution in [1.29, 1.82) is 0 Å². The number of fused-ring (bicyclic) bond motifs is 1. The molecule has 28 heavy (non-hydrogen) atoms. The first kappa shape index (κ1) is 17.5. The van der Waals surface area contributed by atoms with Crippen LogP contribution in [0.3, 0.4) is 0 Å². The van der Waals surface area contributed by atoms with Crippen LogP contribution >= 0.6 is 0 Å². The molecule has 3 aromatic carbocycles. The van der Waals surface area contributed by atoms with Crippen LogP contribution < -0.4 is 4.74 Å². The number of nitrogens with one attached hydrogen (secondary N) is 1. The van der Waals surface area contributed by atoms with E-state index in [0.717, 1.165) is 5.56 Å². The summed E-state index contributed by atoms with van der Waals surface area (Å²) in [5.74, 6) is 0.244. The third-order valence-corrected chi connectivity index (χ3v) is 4.50. The Morgan fingerprint density at radius 2 is 1.50 bits per heavy atom. The summed E-state index contributed by atoms with van der Waals surface area (Å²) < 4.78 is 5.11. The number of hydrogen-bond acceptors (Lipinski definition) is 4. The number of carboxylic acid groups (broad SMARTS) is 1. The Balaban J connectivity index is 1.61. The van der Waals surface area contributed by atoms with E-state index in [9.17, 15) is 9.59 Å². The van der Waals surface area contributed by atoms with Gasteiger partial charge in [-0.1, -0.05) is 24.3 Å². The van der Waals surface area contributed by atoms with Gasteiger partial charge in [0.05, 0.1) is 23.7 Å². The van der Waals surface area contributed by atoms with Gasteiger partial charge < -0.3 is 14.8 Å². The Kier molecular flexibility index (Phi) is 4.37. The van der Waals surface area contributed by atoms with Crippen molar-refractivity contribution in [2.45, 2.75) is 0 Å². The fourth-order valence-corrected chi connectivity index (χ4v) is 2.97. The lowest BCUT2D eigenvalue weighted by Crippen LogP contribution is -2.01. The highest BCUT2D eigenvalue weighted by Gasteiger charge is 2.12. The zero-order valence-corrected chi connectivity index (χ0v) is 15.0. The van der Waals surface area contributed by atoms with E-state index < -0.39 is 5.97 Å². The summed E-state index contributed by atoms with van der Waals surface area (Å²) in [5, 5.41) is 9.10. The number of ketones is 1. The number of imidazole rings is 1. The maximum Gasteiger partial charge on any atom is 0.335 e. The third-order valence-electron chi connectivity index (χ3n) is 4.50. The minimum absolute atomic E-state index is 0.0788. The number of rotatable bonds is 5. The van der Waals surface area contributed by atoms with Crippen LogP contribution in [-0.4, -0.2) is 33.9 Å². The van der Waals surface area contributed by atoms with Crippen molar-refractivity contribution in [2.24, 2.45) is 0 Å². The van der Waals surface area contributed by atoms with Crippen LogP contribution in [0.1, 0.15) is 26.3 Å². The summed E-state index contributed by atoms with van der Waals surface area (Å²) in [6.07, 6.45) is 0. The Morgan fingerprint density at radius 3 is 2.11 bits per heavy atom. The highest BCUT2D eigenvalue weighted by atomic mass is 16.5. The lowest BCUT2D eigenvalue weighted by Gasteiger charge is -2.04. The van der Waals surface area contributed by atoms with Crippen LogP contribution in [0, 0.1) is 0 Å². The number of hydrogen-bond donors (Lipinski definition) is 2. The lowest BCUT2D eigenvalue weighted by atomic mass is 10.0. The largest absolute Gasteiger partial charge is 0.497 e. The summed E-state index contributed by atoms with van der Waals surface area (Å²) in [6.45, 7) is 0. The first-order valence-electron chi connectivity index (χ1n) is 8.57. The molecule has 0 radical (unpaired) electrons. The van der Waals surface area contributed by atoms with E-state index in [1.165, 1.54) is 6.07 Å². The Morgan fingerprint density at radius 1 is 0.893 bits per heavy atom. The normalized spacial score (nSPS) is 10.8. The first-order chi connectivity index (χ1) is 13.5. The van der Waals surface area contributed by atoms with Crippen LogP contribution in [0.5, 0.6) is 5.75 Å². The number of ether oxygens (including phenoxy) is 1. The summed E-state index contributed by atoms with van der Waals surface area (Å²) in [5.41, 5.74) is 3.48. The summed E-state index contributed by atoms with van der Waals surface area (Å²) >= 11 is 0. The van der Waals surface area contributed by atoms with Crippen LogP contribution in [0.2, 0.25) is 0 Å². The number of carboxylic acids is 1. The number of methoxy groups -OCH3 is 1. The molecular formula is C22H16N2O4. The minimum Gasteiger partial charge on any atom is -0.497 e. The van der Waals surface area contributed by atoms with Crippen molar-refractivity contribution in [1.82, 2.24) is 9.97 Å². The van der Waals surface area contributed by atoms with Gasteiger partial charge in [0.1, 0.15) is 11.6 Å². The monoisotopic (exact) mass is 372 g/mol. The average molecular weight is 372 g/mol. The number of aromatic amines is 1. The second-order valence-corrected chi connectivity index (χ2v) is 6.26. The van der Waals surface area contributed by atoms with Crippen molar-refractivity contribution in [3.63, 3.8) is 0 Å². The molecule has 0 atom stereocenters. The van der Waals surface area contributed by atoms with E-state index in [-0.39, 0.29) is 11.3 Å². The Bertz CT molecular complexity index is 1180. The Hall–Kier alpha value is -3.93. The second kappa shape index (κ2) is 7.00. The van der Waals surface area contributed by atoms with Crippen molar-refractivity contribution < 1.29 is 19.4 Å². The van der Waals surface area contributed by atoms with Crippen LogP contribution in [0.15, 0.2) is 66.7 Å². The van der Waals surface area contributed by atoms with Gasteiger partial charge in [0.2, 0.25) is 0 Å². The van der Waals surface area contributed by atoms with Crippen molar-refractivity contribution >= 4 is 22.8 Å². The number of carbonyl (C=O) groups is 2. The zero-order valence-electron chi connectivity index (χ0n) is 15.0. The highest BCUT2D eigenvalue weighted by Crippen LogP contribution is 2.23. The van der Waals surface area contributed by atoms with E-state index in [2.05, 4.69) is 9.97 Å². The van der Waals surface area contributed by atoms with Crippen molar-refractivity contribution in [2.75, 3.05) is 7.11 Å². The molecule has 6 heteroatoms. The van der Waals surface area contributed by atoms with Gasteiger partial charge in [-0.3, -0.25) is 4.79 Å². The fourth-order valence-electron chi connectivity index (χ4n) is 2.97. The highest BCUT2D eigenvalue weighted by molar-refractivity contribution is 6.09. The maximum absolute atomic E-state index is 12.6. The number of H-pyrrole nitrogens is 1. The quantitative estimate of drug-likeness (QED) is 0.513. The van der Waals surface area contributed by atoms with Crippen LogP contribution in [0.25, 0.3) is 22.4 Å². The molecule has 0 amide bonds.